The molecule has 0 spiro atoms. The van der Waals surface area contributed by atoms with Crippen LogP contribution in [0.4, 0.5) is 8.78 Å². The Balaban J connectivity index is 2.46. The van der Waals surface area contributed by atoms with Gasteiger partial charge in [-0.3, -0.25) is 0 Å². The van der Waals surface area contributed by atoms with Gasteiger partial charge in [0.25, 0.3) is 0 Å². The Morgan fingerprint density at radius 1 is 1.18 bits per heavy atom. The summed E-state index contributed by atoms with van der Waals surface area (Å²) in [6.07, 6.45) is 1.48. The molecule has 0 aliphatic carbocycles. The third kappa shape index (κ3) is 2.36. The first-order valence-corrected chi connectivity index (χ1v) is 5.44. The molecular formula is C13H13F2NO. The van der Waals surface area contributed by atoms with Crippen molar-refractivity contribution in [2.24, 2.45) is 0 Å². The van der Waals surface area contributed by atoms with E-state index in [0.717, 1.165) is 0 Å². The Morgan fingerprint density at radius 3 is 2.41 bits per heavy atom. The summed E-state index contributed by atoms with van der Waals surface area (Å²) in [5.74, 6) is -0.657. The van der Waals surface area contributed by atoms with Gasteiger partial charge in [-0.2, -0.15) is 0 Å². The van der Waals surface area contributed by atoms with Crippen molar-refractivity contribution in [3.63, 3.8) is 0 Å². The van der Waals surface area contributed by atoms with E-state index >= 15 is 0 Å². The fourth-order valence-corrected chi connectivity index (χ4v) is 1.79. The third-order valence-corrected chi connectivity index (χ3v) is 2.52. The highest BCUT2D eigenvalue weighted by Crippen LogP contribution is 2.27. The number of hydrogen-bond donors (Lipinski definition) is 1. The first-order chi connectivity index (χ1) is 8.24. The minimum absolute atomic E-state index is 0.00991. The molecule has 0 aliphatic heterocycles. The van der Waals surface area contributed by atoms with Crippen LogP contribution in [0.25, 0.3) is 0 Å². The highest BCUT2D eigenvalue weighted by atomic mass is 19.1. The van der Waals surface area contributed by atoms with E-state index in [1.807, 2.05) is 6.92 Å². The van der Waals surface area contributed by atoms with Gasteiger partial charge in [0, 0.05) is 5.56 Å². The van der Waals surface area contributed by atoms with Crippen molar-refractivity contribution in [2.45, 2.75) is 13.0 Å². The summed E-state index contributed by atoms with van der Waals surface area (Å²) in [6.45, 7) is 2.45. The molecular weight excluding hydrogens is 224 g/mol. The van der Waals surface area contributed by atoms with E-state index in [4.69, 9.17) is 4.42 Å². The van der Waals surface area contributed by atoms with Crippen LogP contribution in [-0.4, -0.2) is 6.54 Å². The SMILES string of the molecule is CCNC(c1ccco1)c1c(F)cccc1F. The molecule has 17 heavy (non-hydrogen) atoms. The number of nitrogens with one attached hydrogen (secondary N) is 1. The Bertz CT molecular complexity index is 462. The van der Waals surface area contributed by atoms with Crippen LogP contribution in [0.5, 0.6) is 0 Å². The zero-order valence-electron chi connectivity index (χ0n) is 9.41. The van der Waals surface area contributed by atoms with Crippen molar-refractivity contribution in [3.8, 4) is 0 Å². The van der Waals surface area contributed by atoms with Gasteiger partial charge < -0.3 is 9.73 Å². The van der Waals surface area contributed by atoms with Crippen LogP contribution in [0.3, 0.4) is 0 Å². The second kappa shape index (κ2) is 5.10. The van der Waals surface area contributed by atoms with Crippen molar-refractivity contribution in [3.05, 3.63) is 59.6 Å². The molecule has 0 radical (unpaired) electrons. The first kappa shape index (κ1) is 11.8. The Hall–Kier alpha value is -1.68. The number of halogens is 2. The van der Waals surface area contributed by atoms with Crippen molar-refractivity contribution >= 4 is 0 Å². The van der Waals surface area contributed by atoms with Gasteiger partial charge in [0.1, 0.15) is 17.4 Å². The lowest BCUT2D eigenvalue weighted by atomic mass is 10.0. The van der Waals surface area contributed by atoms with E-state index in [9.17, 15) is 8.78 Å². The highest BCUT2D eigenvalue weighted by molar-refractivity contribution is 5.29. The monoisotopic (exact) mass is 237 g/mol. The zero-order chi connectivity index (χ0) is 12.3. The van der Waals surface area contributed by atoms with E-state index in [1.54, 1.807) is 12.1 Å². The molecule has 0 bridgehead atoms. The normalized spacial score (nSPS) is 12.6. The van der Waals surface area contributed by atoms with Crippen LogP contribution in [0.2, 0.25) is 0 Å². The van der Waals surface area contributed by atoms with E-state index < -0.39 is 17.7 Å². The molecule has 1 aromatic carbocycles. The summed E-state index contributed by atoms with van der Waals surface area (Å²) in [5.41, 5.74) is -0.00991. The van der Waals surface area contributed by atoms with E-state index in [1.165, 1.54) is 24.5 Å². The van der Waals surface area contributed by atoms with Crippen LogP contribution in [0, 0.1) is 11.6 Å². The van der Waals surface area contributed by atoms with Crippen LogP contribution in [0.15, 0.2) is 41.0 Å². The second-order valence-electron chi connectivity index (χ2n) is 3.64. The molecule has 2 aromatic rings. The molecule has 2 nitrogen and oxygen atoms in total. The van der Waals surface area contributed by atoms with Crippen molar-refractivity contribution in [2.75, 3.05) is 6.54 Å². The molecule has 0 aliphatic rings. The van der Waals surface area contributed by atoms with Gasteiger partial charge >= 0.3 is 0 Å². The number of furan rings is 1. The molecule has 0 fully saturated rings. The highest BCUT2D eigenvalue weighted by Gasteiger charge is 2.22. The predicted molar refractivity (Wildman–Crippen MR) is 60.6 cm³/mol. The molecule has 90 valence electrons. The molecule has 1 unspecified atom stereocenters. The maximum absolute atomic E-state index is 13.7. The van der Waals surface area contributed by atoms with Gasteiger partial charge in [-0.25, -0.2) is 8.78 Å². The number of rotatable bonds is 4. The summed E-state index contributed by atoms with van der Waals surface area (Å²) < 4.78 is 32.6. The van der Waals surface area contributed by atoms with Gasteiger partial charge in [-0.05, 0) is 30.8 Å². The lowest BCUT2D eigenvalue weighted by molar-refractivity contribution is 0.427. The van der Waals surface area contributed by atoms with Gasteiger partial charge in [-0.15, -0.1) is 0 Å². The van der Waals surface area contributed by atoms with Gasteiger partial charge in [0.2, 0.25) is 0 Å². The molecule has 1 atom stereocenters. The quantitative estimate of drug-likeness (QED) is 0.883. The predicted octanol–water partition coefficient (Wildman–Crippen LogP) is 3.26. The standard InChI is InChI=1S/C13H13F2NO/c1-2-16-13(11-7-4-8-17-11)12-9(14)5-3-6-10(12)15/h3-8,13,16H,2H2,1H3. The van der Waals surface area contributed by atoms with Crippen LogP contribution >= 0.6 is 0 Å². The summed E-state index contributed by atoms with van der Waals surface area (Å²) in [7, 11) is 0. The number of hydrogen-bond acceptors (Lipinski definition) is 2. The van der Waals surface area contributed by atoms with E-state index in [0.29, 0.717) is 12.3 Å². The van der Waals surface area contributed by atoms with E-state index in [2.05, 4.69) is 5.32 Å². The van der Waals surface area contributed by atoms with Crippen LogP contribution in [-0.2, 0) is 0 Å². The molecule has 1 aromatic heterocycles. The molecule has 4 heteroatoms. The smallest absolute Gasteiger partial charge is 0.131 e. The minimum atomic E-state index is -0.601. The summed E-state index contributed by atoms with van der Waals surface area (Å²) in [4.78, 5) is 0. The average molecular weight is 237 g/mol. The Labute approximate surface area is 98.3 Å². The van der Waals surface area contributed by atoms with Crippen LogP contribution in [0.1, 0.15) is 24.3 Å². The molecule has 0 saturated heterocycles. The Kier molecular flexibility index (Phi) is 3.54. The first-order valence-electron chi connectivity index (χ1n) is 5.44. The molecule has 1 heterocycles. The average Bonchev–Trinajstić information content (AvgIpc) is 2.80. The van der Waals surface area contributed by atoms with Crippen molar-refractivity contribution in [1.82, 2.24) is 5.32 Å². The fourth-order valence-electron chi connectivity index (χ4n) is 1.79. The maximum Gasteiger partial charge on any atom is 0.131 e. The molecule has 2 rings (SSSR count). The zero-order valence-corrected chi connectivity index (χ0v) is 9.41. The third-order valence-electron chi connectivity index (χ3n) is 2.52. The molecule has 1 N–H and O–H groups in total. The number of benzene rings is 1. The van der Waals surface area contributed by atoms with Gasteiger partial charge in [-0.1, -0.05) is 13.0 Å². The Morgan fingerprint density at radius 2 is 1.88 bits per heavy atom. The van der Waals surface area contributed by atoms with E-state index in [-0.39, 0.29) is 5.56 Å². The molecule has 0 saturated carbocycles. The van der Waals surface area contributed by atoms with Crippen LogP contribution < -0.4 is 5.32 Å². The largest absolute Gasteiger partial charge is 0.467 e. The van der Waals surface area contributed by atoms with Gasteiger partial charge in [0.15, 0.2) is 0 Å². The van der Waals surface area contributed by atoms with Gasteiger partial charge in [0.05, 0.1) is 12.3 Å². The van der Waals surface area contributed by atoms with Crippen molar-refractivity contribution < 1.29 is 13.2 Å². The topological polar surface area (TPSA) is 25.2 Å². The summed E-state index contributed by atoms with van der Waals surface area (Å²) in [6, 6.07) is 6.62. The fraction of sp³-hybridized carbons (Fsp3) is 0.231. The maximum atomic E-state index is 13.7. The second-order valence-corrected chi connectivity index (χ2v) is 3.64. The summed E-state index contributed by atoms with van der Waals surface area (Å²) >= 11 is 0. The van der Waals surface area contributed by atoms with Crippen molar-refractivity contribution in [1.29, 1.82) is 0 Å². The minimum Gasteiger partial charge on any atom is -0.467 e. The molecule has 0 amide bonds. The lowest BCUT2D eigenvalue weighted by Crippen LogP contribution is -2.23. The summed E-state index contributed by atoms with van der Waals surface area (Å²) in [5, 5.41) is 3.01. The lowest BCUT2D eigenvalue weighted by Gasteiger charge is -2.17.